The minimum absolute atomic E-state index is 0.0408. The molecule has 6 nitrogen and oxygen atoms in total. The number of hydrogen-bond acceptors (Lipinski definition) is 7. The number of rotatable bonds is 10. The van der Waals surface area contributed by atoms with Gasteiger partial charge in [0.1, 0.15) is 12.1 Å². The third kappa shape index (κ3) is 5.76. The van der Waals surface area contributed by atoms with Crippen LogP contribution in [0.25, 0.3) is 0 Å². The van der Waals surface area contributed by atoms with Crippen molar-refractivity contribution in [2.75, 3.05) is 52.9 Å². The Balaban J connectivity index is 2.22. The molecule has 0 bridgehead atoms. The highest BCUT2D eigenvalue weighted by Gasteiger charge is 2.35. The molecule has 2 N–H and O–H groups in total. The van der Waals surface area contributed by atoms with Gasteiger partial charge in [-0.1, -0.05) is 0 Å². The smallest absolute Gasteiger partial charge is 0.176 e. The molecule has 1 unspecified atom stereocenters. The fraction of sp³-hybridized carbons (Fsp3) is 0.917. The number of likely N-dealkylation sites (N-methyl/N-ethyl adjacent to an activating group) is 1. The first kappa shape index (κ1) is 16.9. The second-order valence-electron chi connectivity index (χ2n) is 4.36. The van der Waals surface area contributed by atoms with Crippen molar-refractivity contribution in [3.63, 3.8) is 0 Å². The molecule has 1 saturated heterocycles. The average molecular weight is 291 g/mol. The molecular weight excluding hydrogens is 266 g/mol. The van der Waals surface area contributed by atoms with Gasteiger partial charge in [0, 0.05) is 32.6 Å². The van der Waals surface area contributed by atoms with Crippen molar-refractivity contribution in [3.05, 3.63) is 0 Å². The van der Waals surface area contributed by atoms with Crippen LogP contribution in [0.3, 0.4) is 0 Å². The number of carbonyl (C=O) groups excluding carboxylic acids is 1. The van der Waals surface area contributed by atoms with Crippen LogP contribution < -0.4 is 10.6 Å². The number of methoxy groups -OCH3 is 1. The molecule has 0 spiro atoms. The molecule has 1 heterocycles. The molecule has 0 aromatic carbocycles. The Bertz CT molecular complexity index is 269. The Hall–Kier alpha value is -0.180. The maximum Gasteiger partial charge on any atom is 0.176 e. The van der Waals surface area contributed by atoms with Crippen LogP contribution in [0.5, 0.6) is 0 Å². The second-order valence-corrected chi connectivity index (χ2v) is 5.47. The van der Waals surface area contributed by atoms with E-state index >= 15 is 0 Å². The third-order valence-electron chi connectivity index (χ3n) is 2.96. The van der Waals surface area contributed by atoms with Crippen LogP contribution in [0.4, 0.5) is 0 Å². The normalized spacial score (nSPS) is 23.9. The van der Waals surface area contributed by atoms with E-state index < -0.39 is 0 Å². The van der Waals surface area contributed by atoms with Crippen LogP contribution in [0.2, 0.25) is 0 Å². The molecule has 0 amide bonds. The van der Waals surface area contributed by atoms with E-state index in [2.05, 4.69) is 15.5 Å². The molecular formula is C12H25N3O3S. The summed E-state index contributed by atoms with van der Waals surface area (Å²) in [6, 6.07) is -0.0408. The van der Waals surface area contributed by atoms with Gasteiger partial charge in [0.25, 0.3) is 0 Å². The number of ether oxygens (including phenoxy) is 2. The summed E-state index contributed by atoms with van der Waals surface area (Å²) >= 11 is 1.76. The van der Waals surface area contributed by atoms with Crippen LogP contribution in [-0.4, -0.2) is 75.2 Å². The first-order valence-electron chi connectivity index (χ1n) is 6.57. The molecule has 1 aliphatic heterocycles. The van der Waals surface area contributed by atoms with E-state index in [1.807, 2.05) is 14.0 Å². The lowest BCUT2D eigenvalue weighted by molar-refractivity contribution is -0.127. The molecule has 0 radical (unpaired) electrons. The number of Topliss-reactive ketones (excluding diaryl/α,β-unsaturated/α-hetero) is 1. The van der Waals surface area contributed by atoms with Crippen molar-refractivity contribution in [3.8, 4) is 0 Å². The largest absolute Gasteiger partial charge is 0.374 e. The van der Waals surface area contributed by atoms with E-state index in [-0.39, 0.29) is 23.9 Å². The molecule has 0 aromatic rings. The summed E-state index contributed by atoms with van der Waals surface area (Å²) in [5, 5.41) is 6.55. The summed E-state index contributed by atoms with van der Waals surface area (Å²) in [6.07, 6.45) is 0. The third-order valence-corrected chi connectivity index (χ3v) is 4.28. The van der Waals surface area contributed by atoms with Gasteiger partial charge in [-0.05, 0) is 14.0 Å². The Morgan fingerprint density at radius 3 is 2.95 bits per heavy atom. The van der Waals surface area contributed by atoms with E-state index in [9.17, 15) is 4.79 Å². The number of hydrogen-bond donors (Lipinski definition) is 2. The summed E-state index contributed by atoms with van der Waals surface area (Å²) in [7, 11) is 3.64. The van der Waals surface area contributed by atoms with E-state index in [0.717, 1.165) is 18.8 Å². The van der Waals surface area contributed by atoms with Gasteiger partial charge in [0.2, 0.25) is 0 Å². The topological polar surface area (TPSA) is 62.8 Å². The average Bonchev–Trinajstić information content (AvgIpc) is 2.77. The highest BCUT2D eigenvalue weighted by molar-refractivity contribution is 8.00. The predicted octanol–water partition coefficient (Wildman–Crippen LogP) is -0.294. The molecule has 1 rings (SSSR count). The number of ketones is 1. The molecule has 2 atom stereocenters. The van der Waals surface area contributed by atoms with Crippen LogP contribution >= 0.6 is 11.8 Å². The summed E-state index contributed by atoms with van der Waals surface area (Å²) in [4.78, 5) is 14.0. The van der Waals surface area contributed by atoms with Crippen molar-refractivity contribution in [1.82, 2.24) is 15.5 Å². The van der Waals surface area contributed by atoms with Gasteiger partial charge in [-0.3, -0.25) is 20.3 Å². The van der Waals surface area contributed by atoms with E-state index in [4.69, 9.17) is 9.47 Å². The molecule has 0 aliphatic carbocycles. The van der Waals surface area contributed by atoms with Crippen molar-refractivity contribution in [2.45, 2.75) is 18.5 Å². The first-order valence-corrected chi connectivity index (χ1v) is 7.62. The highest BCUT2D eigenvalue weighted by Crippen LogP contribution is 2.25. The van der Waals surface area contributed by atoms with Gasteiger partial charge in [0.05, 0.1) is 12.8 Å². The summed E-state index contributed by atoms with van der Waals surface area (Å²) in [5.41, 5.74) is 0.194. The van der Waals surface area contributed by atoms with Gasteiger partial charge in [-0.2, -0.15) is 0 Å². The first-order chi connectivity index (χ1) is 9.20. The van der Waals surface area contributed by atoms with Crippen molar-refractivity contribution in [1.29, 1.82) is 0 Å². The van der Waals surface area contributed by atoms with Crippen LogP contribution in [-0.2, 0) is 14.3 Å². The second kappa shape index (κ2) is 9.68. The SMILES string of the molecule is CCOCC(=O)[C@H]1CSC(NCCNCOC)N1C. The van der Waals surface area contributed by atoms with Gasteiger partial charge >= 0.3 is 0 Å². The van der Waals surface area contributed by atoms with Gasteiger partial charge in [0.15, 0.2) is 5.78 Å². The van der Waals surface area contributed by atoms with Crippen LogP contribution in [0.15, 0.2) is 0 Å². The number of thioether (sulfide) groups is 1. The monoisotopic (exact) mass is 291 g/mol. The van der Waals surface area contributed by atoms with Gasteiger partial charge < -0.3 is 9.47 Å². The standard InChI is InChI=1S/C12H25N3O3S/c1-4-18-7-11(16)10-8-19-12(15(10)2)14-6-5-13-9-17-3/h10,12-14H,4-9H2,1-3H3/t10-,12?/m1/s1. The lowest BCUT2D eigenvalue weighted by Gasteiger charge is -2.24. The predicted molar refractivity (Wildman–Crippen MR) is 77.2 cm³/mol. The molecule has 112 valence electrons. The highest BCUT2D eigenvalue weighted by atomic mass is 32.2. The molecule has 19 heavy (non-hydrogen) atoms. The lowest BCUT2D eigenvalue weighted by atomic mass is 10.2. The zero-order valence-electron chi connectivity index (χ0n) is 12.0. The maximum atomic E-state index is 11.9. The zero-order chi connectivity index (χ0) is 14.1. The van der Waals surface area contributed by atoms with E-state index in [0.29, 0.717) is 13.3 Å². The number of carbonyl (C=O) groups is 1. The maximum absolute atomic E-state index is 11.9. The summed E-state index contributed by atoms with van der Waals surface area (Å²) in [5.74, 6) is 0.990. The van der Waals surface area contributed by atoms with Crippen LogP contribution in [0, 0.1) is 0 Å². The van der Waals surface area contributed by atoms with Crippen molar-refractivity contribution in [2.24, 2.45) is 0 Å². The minimum Gasteiger partial charge on any atom is -0.374 e. The summed E-state index contributed by atoms with van der Waals surface area (Å²) < 4.78 is 10.1. The van der Waals surface area contributed by atoms with Crippen LogP contribution in [0.1, 0.15) is 6.92 Å². The quantitative estimate of drug-likeness (QED) is 0.423. The fourth-order valence-corrected chi connectivity index (χ4v) is 3.26. The summed E-state index contributed by atoms with van der Waals surface area (Å²) in [6.45, 7) is 4.95. The molecule has 1 aliphatic rings. The molecule has 0 saturated carbocycles. The minimum atomic E-state index is -0.0408. The fourth-order valence-electron chi connectivity index (χ4n) is 1.86. The molecule has 1 fully saturated rings. The van der Waals surface area contributed by atoms with E-state index in [1.165, 1.54) is 0 Å². The lowest BCUT2D eigenvalue weighted by Crippen LogP contribution is -2.46. The number of nitrogens with zero attached hydrogens (tertiary/aromatic N) is 1. The zero-order valence-corrected chi connectivity index (χ0v) is 12.8. The van der Waals surface area contributed by atoms with Crippen molar-refractivity contribution < 1.29 is 14.3 Å². The van der Waals surface area contributed by atoms with Gasteiger partial charge in [-0.25, -0.2) is 0 Å². The van der Waals surface area contributed by atoms with E-state index in [1.54, 1.807) is 18.9 Å². The molecule has 7 heteroatoms. The van der Waals surface area contributed by atoms with Gasteiger partial charge in [-0.15, -0.1) is 11.8 Å². The Kier molecular flexibility index (Phi) is 8.60. The Morgan fingerprint density at radius 2 is 2.26 bits per heavy atom. The Labute approximate surface area is 119 Å². The molecule has 0 aromatic heterocycles. The van der Waals surface area contributed by atoms with Crippen molar-refractivity contribution >= 4 is 17.5 Å². The number of nitrogens with one attached hydrogen (secondary N) is 2. The Morgan fingerprint density at radius 1 is 1.47 bits per heavy atom.